The fraction of sp³-hybridized carbons (Fsp3) is 0.500. The Bertz CT molecular complexity index is 398. The number of rotatable bonds is 2. The molecule has 0 aliphatic heterocycles. The summed E-state index contributed by atoms with van der Waals surface area (Å²) >= 11 is 3.31. The van der Waals surface area contributed by atoms with Gasteiger partial charge in [-0.1, -0.05) is 22.4 Å². The molecule has 4 heteroatoms. The lowest BCUT2D eigenvalue weighted by atomic mass is 9.63. The first-order valence-electron chi connectivity index (χ1n) is 5.40. The first-order chi connectivity index (χ1) is 7.52. The van der Waals surface area contributed by atoms with Crippen molar-refractivity contribution in [3.05, 3.63) is 27.5 Å². The van der Waals surface area contributed by atoms with Gasteiger partial charge in [-0.15, -0.1) is 0 Å². The Balaban J connectivity index is 2.63. The Morgan fingerprint density at radius 2 is 2.19 bits per heavy atom. The molecule has 0 spiro atoms. The van der Waals surface area contributed by atoms with Crippen LogP contribution in [0.3, 0.4) is 0 Å². The van der Waals surface area contributed by atoms with Gasteiger partial charge < -0.3 is 10.8 Å². The molecule has 0 bridgehead atoms. The molecule has 1 saturated carbocycles. The van der Waals surface area contributed by atoms with E-state index in [-0.39, 0.29) is 11.2 Å². The molecule has 0 heterocycles. The highest BCUT2D eigenvalue weighted by Gasteiger charge is 2.41. The standard InChI is InChI=1S/C12H15BrFNO/c1-7-8(13)5-9(14)11(16)10(7)12(6-15)3-2-4-12/h5,16H,2-4,6,15H2,1H3. The molecule has 0 saturated heterocycles. The van der Waals surface area contributed by atoms with Crippen LogP contribution in [0.25, 0.3) is 0 Å². The van der Waals surface area contributed by atoms with Crippen LogP contribution in [-0.2, 0) is 5.41 Å². The van der Waals surface area contributed by atoms with E-state index in [1.807, 2.05) is 6.92 Å². The van der Waals surface area contributed by atoms with E-state index in [1.54, 1.807) is 0 Å². The molecule has 0 unspecified atom stereocenters. The van der Waals surface area contributed by atoms with Crippen molar-refractivity contribution in [3.63, 3.8) is 0 Å². The van der Waals surface area contributed by atoms with E-state index >= 15 is 0 Å². The van der Waals surface area contributed by atoms with Gasteiger partial charge in [-0.25, -0.2) is 4.39 Å². The van der Waals surface area contributed by atoms with E-state index in [1.165, 1.54) is 6.07 Å². The zero-order chi connectivity index (χ0) is 11.9. The maximum atomic E-state index is 13.5. The summed E-state index contributed by atoms with van der Waals surface area (Å²) < 4.78 is 14.2. The Morgan fingerprint density at radius 1 is 1.56 bits per heavy atom. The zero-order valence-corrected chi connectivity index (χ0v) is 10.8. The molecule has 0 atom stereocenters. The molecular formula is C12H15BrFNO. The molecule has 0 radical (unpaired) electrons. The molecule has 3 N–H and O–H groups in total. The molecule has 1 aromatic carbocycles. The summed E-state index contributed by atoms with van der Waals surface area (Å²) in [6.07, 6.45) is 2.94. The second-order valence-electron chi connectivity index (χ2n) is 4.53. The predicted molar refractivity (Wildman–Crippen MR) is 65.1 cm³/mol. The summed E-state index contributed by atoms with van der Waals surface area (Å²) in [7, 11) is 0. The van der Waals surface area contributed by atoms with Crippen molar-refractivity contribution in [1.29, 1.82) is 0 Å². The van der Waals surface area contributed by atoms with Gasteiger partial charge in [0.05, 0.1) is 0 Å². The van der Waals surface area contributed by atoms with Crippen LogP contribution < -0.4 is 5.73 Å². The van der Waals surface area contributed by atoms with E-state index in [2.05, 4.69) is 15.9 Å². The van der Waals surface area contributed by atoms with Gasteiger partial charge in [0.15, 0.2) is 11.6 Å². The van der Waals surface area contributed by atoms with E-state index in [9.17, 15) is 9.50 Å². The first kappa shape index (κ1) is 11.9. The van der Waals surface area contributed by atoms with Crippen molar-refractivity contribution >= 4 is 15.9 Å². The first-order valence-corrected chi connectivity index (χ1v) is 6.19. The SMILES string of the molecule is Cc1c(Br)cc(F)c(O)c1C1(CN)CCC1. The van der Waals surface area contributed by atoms with Crippen molar-refractivity contribution < 1.29 is 9.50 Å². The van der Waals surface area contributed by atoms with Crippen LogP contribution in [0.5, 0.6) is 5.75 Å². The van der Waals surface area contributed by atoms with Crippen LogP contribution in [0.1, 0.15) is 30.4 Å². The molecule has 1 aliphatic rings. The fourth-order valence-electron chi connectivity index (χ4n) is 2.51. The molecule has 1 fully saturated rings. The Morgan fingerprint density at radius 3 is 2.62 bits per heavy atom. The van der Waals surface area contributed by atoms with Crippen LogP contribution in [0.4, 0.5) is 4.39 Å². The third-order valence-electron chi connectivity index (χ3n) is 3.68. The van der Waals surface area contributed by atoms with E-state index < -0.39 is 5.82 Å². The second kappa shape index (κ2) is 4.00. The van der Waals surface area contributed by atoms with Crippen LogP contribution in [-0.4, -0.2) is 11.7 Å². The Kier molecular flexibility index (Phi) is 2.97. The maximum Gasteiger partial charge on any atom is 0.166 e. The number of nitrogens with two attached hydrogens (primary N) is 1. The number of phenolic OH excluding ortho intramolecular Hbond substituents is 1. The number of phenols is 1. The van der Waals surface area contributed by atoms with Crippen LogP contribution in [0.15, 0.2) is 10.5 Å². The lowest BCUT2D eigenvalue weighted by Gasteiger charge is -2.42. The molecule has 2 nitrogen and oxygen atoms in total. The van der Waals surface area contributed by atoms with Crippen molar-refractivity contribution in [2.24, 2.45) is 5.73 Å². The molecule has 88 valence electrons. The third kappa shape index (κ3) is 1.55. The van der Waals surface area contributed by atoms with Crippen molar-refractivity contribution in [3.8, 4) is 5.75 Å². The van der Waals surface area contributed by atoms with E-state index in [0.29, 0.717) is 16.6 Å². The smallest absolute Gasteiger partial charge is 0.166 e. The minimum Gasteiger partial charge on any atom is -0.505 e. The van der Waals surface area contributed by atoms with Crippen molar-refractivity contribution in [2.45, 2.75) is 31.6 Å². The minimum atomic E-state index is -0.577. The lowest BCUT2D eigenvalue weighted by molar-refractivity contribution is 0.241. The number of hydrogen-bond donors (Lipinski definition) is 2. The van der Waals surface area contributed by atoms with Crippen molar-refractivity contribution in [1.82, 2.24) is 0 Å². The minimum absolute atomic E-state index is 0.223. The highest BCUT2D eigenvalue weighted by Crippen LogP contribution is 2.49. The summed E-state index contributed by atoms with van der Waals surface area (Å²) in [4.78, 5) is 0. The third-order valence-corrected chi connectivity index (χ3v) is 4.51. The average Bonchev–Trinajstić information content (AvgIpc) is 2.19. The van der Waals surface area contributed by atoms with Gasteiger partial charge in [0.1, 0.15) is 0 Å². The van der Waals surface area contributed by atoms with Gasteiger partial charge in [0.25, 0.3) is 0 Å². The summed E-state index contributed by atoms with van der Waals surface area (Å²) in [5.41, 5.74) is 7.15. The topological polar surface area (TPSA) is 46.2 Å². The normalized spacial score (nSPS) is 18.2. The Labute approximate surface area is 103 Å². The van der Waals surface area contributed by atoms with Crippen LogP contribution >= 0.6 is 15.9 Å². The largest absolute Gasteiger partial charge is 0.505 e. The monoisotopic (exact) mass is 287 g/mol. The van der Waals surface area contributed by atoms with Crippen molar-refractivity contribution in [2.75, 3.05) is 6.54 Å². The fourth-order valence-corrected chi connectivity index (χ4v) is 2.91. The van der Waals surface area contributed by atoms with Gasteiger partial charge in [0.2, 0.25) is 0 Å². The van der Waals surface area contributed by atoms with Gasteiger partial charge in [0, 0.05) is 22.0 Å². The number of hydrogen-bond acceptors (Lipinski definition) is 2. The maximum absolute atomic E-state index is 13.5. The highest BCUT2D eigenvalue weighted by molar-refractivity contribution is 9.10. The number of halogens is 2. The molecule has 1 aliphatic carbocycles. The highest BCUT2D eigenvalue weighted by atomic mass is 79.9. The number of benzene rings is 1. The lowest BCUT2D eigenvalue weighted by Crippen LogP contribution is -2.42. The summed E-state index contributed by atoms with van der Waals surface area (Å²) in [5.74, 6) is -0.807. The molecule has 2 rings (SSSR count). The zero-order valence-electron chi connectivity index (χ0n) is 9.19. The molecular weight excluding hydrogens is 273 g/mol. The van der Waals surface area contributed by atoms with Gasteiger partial charge in [-0.2, -0.15) is 0 Å². The van der Waals surface area contributed by atoms with Crippen LogP contribution in [0, 0.1) is 12.7 Å². The van der Waals surface area contributed by atoms with E-state index in [4.69, 9.17) is 5.73 Å². The summed E-state index contributed by atoms with van der Waals surface area (Å²) in [6, 6.07) is 1.30. The number of aromatic hydroxyl groups is 1. The van der Waals surface area contributed by atoms with Gasteiger partial charge in [-0.3, -0.25) is 0 Å². The van der Waals surface area contributed by atoms with E-state index in [0.717, 1.165) is 24.8 Å². The average molecular weight is 288 g/mol. The summed E-state index contributed by atoms with van der Waals surface area (Å²) in [6.45, 7) is 2.34. The van der Waals surface area contributed by atoms with Gasteiger partial charge in [-0.05, 0) is 31.4 Å². The molecule has 16 heavy (non-hydrogen) atoms. The van der Waals surface area contributed by atoms with Gasteiger partial charge >= 0.3 is 0 Å². The summed E-state index contributed by atoms with van der Waals surface area (Å²) in [5, 5.41) is 9.88. The Hall–Kier alpha value is -0.610. The predicted octanol–water partition coefficient (Wildman–Crippen LogP) is 2.98. The molecule has 0 aromatic heterocycles. The van der Waals surface area contributed by atoms with Crippen LogP contribution in [0.2, 0.25) is 0 Å². The molecule has 1 aromatic rings. The molecule has 0 amide bonds. The quantitative estimate of drug-likeness (QED) is 0.878. The second-order valence-corrected chi connectivity index (χ2v) is 5.38.